The van der Waals surface area contributed by atoms with Crippen LogP contribution in [0.2, 0.25) is 0 Å². The second-order valence-corrected chi connectivity index (χ2v) is 4.20. The molecule has 1 aromatic rings. The summed E-state index contributed by atoms with van der Waals surface area (Å²) >= 11 is 0. The number of carboxylic acids is 1. The number of hydrogen-bond acceptors (Lipinski definition) is 3. The molecule has 0 aromatic heterocycles. The Hall–Kier alpha value is -2.57. The molecule has 0 saturated carbocycles. The number of primary amides is 1. The van der Waals surface area contributed by atoms with Crippen molar-refractivity contribution in [3.8, 4) is 0 Å². The Morgan fingerprint density at radius 2 is 1.85 bits per heavy atom. The van der Waals surface area contributed by atoms with E-state index in [9.17, 15) is 14.4 Å². The first kappa shape index (κ1) is 15.5. The Morgan fingerprint density at radius 1 is 1.20 bits per heavy atom. The van der Waals surface area contributed by atoms with Crippen molar-refractivity contribution >= 4 is 17.9 Å². The fraction of sp³-hybridized carbons (Fsp3) is 0.308. The van der Waals surface area contributed by atoms with Gasteiger partial charge in [-0.1, -0.05) is 30.3 Å². The van der Waals surface area contributed by atoms with Gasteiger partial charge in [-0.3, -0.25) is 4.79 Å². The van der Waals surface area contributed by atoms with E-state index in [4.69, 9.17) is 10.8 Å². The van der Waals surface area contributed by atoms with Crippen molar-refractivity contribution in [2.75, 3.05) is 6.54 Å². The molecule has 0 heterocycles. The minimum Gasteiger partial charge on any atom is -0.480 e. The zero-order valence-corrected chi connectivity index (χ0v) is 10.8. The van der Waals surface area contributed by atoms with Crippen molar-refractivity contribution in [2.45, 2.75) is 18.9 Å². The number of nitrogens with one attached hydrogen (secondary N) is 2. The van der Waals surface area contributed by atoms with E-state index in [2.05, 4.69) is 10.6 Å². The van der Waals surface area contributed by atoms with Gasteiger partial charge in [-0.2, -0.15) is 0 Å². The lowest BCUT2D eigenvalue weighted by molar-refractivity contribution is -0.140. The number of carbonyl (C=O) groups excluding carboxylic acids is 2. The van der Waals surface area contributed by atoms with Crippen LogP contribution in [0.3, 0.4) is 0 Å². The summed E-state index contributed by atoms with van der Waals surface area (Å²) in [6.07, 6.45) is 0.184. The lowest BCUT2D eigenvalue weighted by Gasteiger charge is -2.13. The van der Waals surface area contributed by atoms with Crippen LogP contribution < -0.4 is 16.4 Å². The molecule has 7 nitrogen and oxygen atoms in total. The van der Waals surface area contributed by atoms with Crippen LogP contribution in [0.15, 0.2) is 30.3 Å². The van der Waals surface area contributed by atoms with Gasteiger partial charge >= 0.3 is 12.0 Å². The third-order valence-electron chi connectivity index (χ3n) is 2.55. The summed E-state index contributed by atoms with van der Waals surface area (Å²) in [4.78, 5) is 33.0. The fourth-order valence-corrected chi connectivity index (χ4v) is 1.58. The molecule has 5 N–H and O–H groups in total. The Labute approximate surface area is 116 Å². The lowest BCUT2D eigenvalue weighted by Crippen LogP contribution is -2.48. The average molecular weight is 279 g/mol. The van der Waals surface area contributed by atoms with Gasteiger partial charge in [0.05, 0.1) is 6.42 Å². The maximum Gasteiger partial charge on any atom is 0.326 e. The number of carboxylic acid groups (broad SMARTS) is 1. The monoisotopic (exact) mass is 279 g/mol. The van der Waals surface area contributed by atoms with E-state index >= 15 is 0 Å². The summed E-state index contributed by atoms with van der Waals surface area (Å²) < 4.78 is 0. The standard InChI is InChI=1S/C13H17N3O4/c14-11(17)8-10(12(18)19)16-13(20)15-7-6-9-4-2-1-3-5-9/h1-5,10H,6-8H2,(H2,14,17)(H,18,19)(H2,15,16,20)/t10-/m1/s1. The van der Waals surface area contributed by atoms with E-state index in [1.807, 2.05) is 30.3 Å². The molecule has 3 amide bonds. The van der Waals surface area contributed by atoms with Crippen molar-refractivity contribution in [3.05, 3.63) is 35.9 Å². The minimum absolute atomic E-state index is 0.360. The number of rotatable bonds is 7. The molecule has 0 aliphatic rings. The molecule has 0 unspecified atom stereocenters. The maximum atomic E-state index is 11.5. The normalized spacial score (nSPS) is 11.4. The SMILES string of the molecule is NC(=O)C[C@@H](NC(=O)NCCc1ccccc1)C(=O)O. The van der Waals surface area contributed by atoms with E-state index in [-0.39, 0.29) is 0 Å². The van der Waals surface area contributed by atoms with E-state index in [0.29, 0.717) is 13.0 Å². The molecule has 108 valence electrons. The van der Waals surface area contributed by atoms with Gasteiger partial charge < -0.3 is 21.5 Å². The third-order valence-corrected chi connectivity index (χ3v) is 2.55. The molecular formula is C13H17N3O4. The molecule has 0 spiro atoms. The van der Waals surface area contributed by atoms with Crippen LogP contribution in [0.25, 0.3) is 0 Å². The second-order valence-electron chi connectivity index (χ2n) is 4.20. The highest BCUT2D eigenvalue weighted by atomic mass is 16.4. The number of amides is 3. The Kier molecular flexibility index (Phi) is 6.02. The molecule has 0 aliphatic heterocycles. The molecule has 0 bridgehead atoms. The van der Waals surface area contributed by atoms with Gasteiger partial charge in [-0.15, -0.1) is 0 Å². The van der Waals surface area contributed by atoms with Crippen LogP contribution in [0.5, 0.6) is 0 Å². The van der Waals surface area contributed by atoms with E-state index in [1.165, 1.54) is 0 Å². The molecule has 0 saturated heterocycles. The molecule has 1 atom stereocenters. The highest BCUT2D eigenvalue weighted by Gasteiger charge is 2.21. The van der Waals surface area contributed by atoms with E-state index in [1.54, 1.807) is 0 Å². The molecular weight excluding hydrogens is 262 g/mol. The van der Waals surface area contributed by atoms with Crippen LogP contribution in [0.1, 0.15) is 12.0 Å². The number of urea groups is 1. The Bertz CT molecular complexity index is 476. The first-order valence-corrected chi connectivity index (χ1v) is 6.08. The predicted molar refractivity (Wildman–Crippen MR) is 71.9 cm³/mol. The quantitative estimate of drug-likeness (QED) is 0.554. The first-order chi connectivity index (χ1) is 9.49. The predicted octanol–water partition coefficient (Wildman–Crippen LogP) is -0.143. The maximum absolute atomic E-state index is 11.5. The summed E-state index contributed by atoms with van der Waals surface area (Å²) in [6, 6.07) is 7.56. The molecule has 0 radical (unpaired) electrons. The fourth-order valence-electron chi connectivity index (χ4n) is 1.58. The minimum atomic E-state index is -1.32. The Morgan fingerprint density at radius 3 is 2.40 bits per heavy atom. The van der Waals surface area contributed by atoms with Gasteiger partial charge in [-0.05, 0) is 12.0 Å². The molecule has 20 heavy (non-hydrogen) atoms. The van der Waals surface area contributed by atoms with Crippen molar-refractivity contribution < 1.29 is 19.5 Å². The van der Waals surface area contributed by atoms with Gasteiger partial charge in [-0.25, -0.2) is 9.59 Å². The number of carbonyl (C=O) groups is 3. The smallest absolute Gasteiger partial charge is 0.326 e. The zero-order chi connectivity index (χ0) is 15.0. The number of aliphatic carboxylic acids is 1. The van der Waals surface area contributed by atoms with Gasteiger partial charge in [0.2, 0.25) is 5.91 Å². The molecule has 0 fully saturated rings. The number of hydrogen-bond donors (Lipinski definition) is 4. The van der Waals surface area contributed by atoms with Crippen LogP contribution in [0, 0.1) is 0 Å². The van der Waals surface area contributed by atoms with Gasteiger partial charge in [0.15, 0.2) is 0 Å². The van der Waals surface area contributed by atoms with Crippen LogP contribution >= 0.6 is 0 Å². The van der Waals surface area contributed by atoms with Crippen molar-refractivity contribution in [3.63, 3.8) is 0 Å². The summed E-state index contributed by atoms with van der Waals surface area (Å²) in [5, 5.41) is 13.5. The average Bonchev–Trinajstić information content (AvgIpc) is 2.38. The lowest BCUT2D eigenvalue weighted by atomic mass is 10.1. The molecule has 1 rings (SSSR count). The van der Waals surface area contributed by atoms with Crippen molar-refractivity contribution in [1.82, 2.24) is 10.6 Å². The first-order valence-electron chi connectivity index (χ1n) is 6.08. The third kappa shape index (κ3) is 5.85. The second kappa shape index (κ2) is 7.78. The summed E-state index contributed by atoms with van der Waals surface area (Å²) in [5.41, 5.74) is 5.96. The van der Waals surface area contributed by atoms with Crippen LogP contribution in [-0.2, 0) is 16.0 Å². The zero-order valence-electron chi connectivity index (χ0n) is 10.8. The number of benzene rings is 1. The summed E-state index contributed by atoms with van der Waals surface area (Å²) in [5.74, 6) is -2.09. The number of nitrogens with two attached hydrogens (primary N) is 1. The van der Waals surface area contributed by atoms with Gasteiger partial charge in [0, 0.05) is 6.54 Å². The van der Waals surface area contributed by atoms with E-state index in [0.717, 1.165) is 5.56 Å². The van der Waals surface area contributed by atoms with Crippen LogP contribution in [0.4, 0.5) is 4.79 Å². The topological polar surface area (TPSA) is 122 Å². The Balaban J connectivity index is 2.35. The highest BCUT2D eigenvalue weighted by molar-refractivity contribution is 5.87. The van der Waals surface area contributed by atoms with Gasteiger partial charge in [0.1, 0.15) is 6.04 Å². The highest BCUT2D eigenvalue weighted by Crippen LogP contribution is 1.98. The van der Waals surface area contributed by atoms with Crippen molar-refractivity contribution in [2.24, 2.45) is 5.73 Å². The molecule has 1 aromatic carbocycles. The van der Waals surface area contributed by atoms with E-state index < -0.39 is 30.4 Å². The summed E-state index contributed by atoms with van der Waals surface area (Å²) in [6.45, 7) is 0.360. The summed E-state index contributed by atoms with van der Waals surface area (Å²) in [7, 11) is 0. The van der Waals surface area contributed by atoms with Crippen LogP contribution in [-0.4, -0.2) is 35.6 Å². The largest absolute Gasteiger partial charge is 0.480 e. The molecule has 0 aliphatic carbocycles. The van der Waals surface area contributed by atoms with Crippen molar-refractivity contribution in [1.29, 1.82) is 0 Å². The van der Waals surface area contributed by atoms with Gasteiger partial charge in [0.25, 0.3) is 0 Å². The molecule has 7 heteroatoms.